The number of methoxy groups -OCH3 is 2. The minimum absolute atomic E-state index is 0.00195. The lowest BCUT2D eigenvalue weighted by Crippen LogP contribution is -2.40. The van der Waals surface area contributed by atoms with Crippen LogP contribution in [0.2, 0.25) is 0 Å². The molecule has 6 nitrogen and oxygen atoms in total. The van der Waals surface area contributed by atoms with E-state index in [2.05, 4.69) is 10.2 Å². The van der Waals surface area contributed by atoms with Gasteiger partial charge in [-0.2, -0.15) is 0 Å². The van der Waals surface area contributed by atoms with Gasteiger partial charge in [-0.3, -0.25) is 9.59 Å². The molecule has 148 valence electrons. The van der Waals surface area contributed by atoms with Crippen molar-refractivity contribution in [1.29, 1.82) is 0 Å². The fourth-order valence-corrected chi connectivity index (χ4v) is 3.58. The van der Waals surface area contributed by atoms with Crippen LogP contribution in [0.3, 0.4) is 0 Å². The number of benzene rings is 2. The van der Waals surface area contributed by atoms with E-state index in [-0.39, 0.29) is 11.8 Å². The van der Waals surface area contributed by atoms with Gasteiger partial charge < -0.3 is 19.7 Å². The number of anilines is 1. The van der Waals surface area contributed by atoms with Gasteiger partial charge in [-0.1, -0.05) is 12.1 Å². The highest BCUT2D eigenvalue weighted by Gasteiger charge is 2.25. The Kier molecular flexibility index (Phi) is 6.53. The number of carbonyl (C=O) groups excluding carboxylic acids is 2. The third-order valence-corrected chi connectivity index (χ3v) is 5.20. The van der Waals surface area contributed by atoms with Crippen molar-refractivity contribution in [3.05, 3.63) is 53.6 Å². The number of nitrogens with zero attached hydrogens (tertiary/aromatic N) is 1. The molecule has 1 N–H and O–H groups in total. The third kappa shape index (κ3) is 4.44. The Bertz CT molecular complexity index is 812. The van der Waals surface area contributed by atoms with Crippen molar-refractivity contribution in [2.24, 2.45) is 5.92 Å². The second-order valence-corrected chi connectivity index (χ2v) is 6.84. The maximum Gasteiger partial charge on any atom is 0.223 e. The molecule has 1 aliphatic heterocycles. The number of carbonyl (C=O) groups is 2. The lowest BCUT2D eigenvalue weighted by atomic mass is 9.95. The minimum Gasteiger partial charge on any atom is -0.493 e. The van der Waals surface area contributed by atoms with Gasteiger partial charge in [0.15, 0.2) is 11.5 Å². The molecule has 1 amide bonds. The van der Waals surface area contributed by atoms with Gasteiger partial charge in [-0.15, -0.1) is 0 Å². The molecule has 1 fully saturated rings. The number of para-hydroxylation sites is 1. The van der Waals surface area contributed by atoms with Gasteiger partial charge in [0.05, 0.1) is 14.2 Å². The molecule has 0 radical (unpaired) electrons. The second-order valence-electron chi connectivity index (χ2n) is 6.84. The molecule has 0 bridgehead atoms. The summed E-state index contributed by atoms with van der Waals surface area (Å²) in [4.78, 5) is 25.6. The van der Waals surface area contributed by atoms with E-state index in [9.17, 15) is 9.59 Å². The Morgan fingerprint density at radius 2 is 1.82 bits per heavy atom. The summed E-state index contributed by atoms with van der Waals surface area (Å²) in [5.74, 6) is 1.38. The topological polar surface area (TPSA) is 67.9 Å². The summed E-state index contributed by atoms with van der Waals surface area (Å²) in [7, 11) is 3.20. The van der Waals surface area contributed by atoms with E-state index in [1.54, 1.807) is 14.2 Å². The Hall–Kier alpha value is -3.02. The molecule has 6 heteroatoms. The first-order chi connectivity index (χ1) is 13.7. The van der Waals surface area contributed by atoms with Crippen molar-refractivity contribution in [2.45, 2.75) is 19.4 Å². The molecule has 0 unspecified atom stereocenters. The number of aldehydes is 1. The van der Waals surface area contributed by atoms with E-state index in [0.29, 0.717) is 23.6 Å². The summed E-state index contributed by atoms with van der Waals surface area (Å²) in [6.45, 7) is 2.05. The molecule has 0 aromatic heterocycles. The van der Waals surface area contributed by atoms with Crippen LogP contribution in [0, 0.1) is 5.92 Å². The molecule has 3 rings (SSSR count). The Morgan fingerprint density at radius 3 is 2.43 bits per heavy atom. The molecule has 1 saturated heterocycles. The van der Waals surface area contributed by atoms with Crippen molar-refractivity contribution in [3.63, 3.8) is 0 Å². The Labute approximate surface area is 165 Å². The van der Waals surface area contributed by atoms with Crippen LogP contribution in [0.1, 0.15) is 28.8 Å². The van der Waals surface area contributed by atoms with Crippen LogP contribution < -0.4 is 19.7 Å². The van der Waals surface area contributed by atoms with E-state index < -0.39 is 0 Å². The predicted octanol–water partition coefficient (Wildman–Crippen LogP) is 3.05. The van der Waals surface area contributed by atoms with Crippen LogP contribution >= 0.6 is 0 Å². The summed E-state index contributed by atoms with van der Waals surface area (Å²) < 4.78 is 10.7. The summed E-state index contributed by atoms with van der Waals surface area (Å²) in [5.41, 5.74) is 2.65. The fraction of sp³-hybridized carbons (Fsp3) is 0.364. The van der Waals surface area contributed by atoms with Crippen molar-refractivity contribution >= 4 is 17.9 Å². The third-order valence-electron chi connectivity index (χ3n) is 5.20. The first kappa shape index (κ1) is 19.7. The molecule has 0 spiro atoms. The molecule has 2 aromatic rings. The molecular weight excluding hydrogens is 356 g/mol. The number of hydrogen-bond acceptors (Lipinski definition) is 5. The smallest absolute Gasteiger partial charge is 0.223 e. The van der Waals surface area contributed by atoms with Gasteiger partial charge in [0.2, 0.25) is 5.91 Å². The predicted molar refractivity (Wildman–Crippen MR) is 108 cm³/mol. The first-order valence-electron chi connectivity index (χ1n) is 9.44. The van der Waals surface area contributed by atoms with Gasteiger partial charge in [0.1, 0.15) is 6.29 Å². The largest absolute Gasteiger partial charge is 0.493 e. The summed E-state index contributed by atoms with van der Waals surface area (Å²) in [5, 5.41) is 3.03. The van der Waals surface area contributed by atoms with Gasteiger partial charge in [-0.05, 0) is 43.2 Å². The Morgan fingerprint density at radius 1 is 1.11 bits per heavy atom. The molecule has 2 aromatic carbocycles. The van der Waals surface area contributed by atoms with Crippen molar-refractivity contribution in [1.82, 2.24) is 5.32 Å². The highest BCUT2D eigenvalue weighted by Crippen LogP contribution is 2.30. The zero-order chi connectivity index (χ0) is 19.9. The van der Waals surface area contributed by atoms with Crippen LogP contribution in [-0.4, -0.2) is 39.5 Å². The fourth-order valence-electron chi connectivity index (χ4n) is 3.58. The number of nitrogens with one attached hydrogen (secondary N) is 1. The van der Waals surface area contributed by atoms with Crippen LogP contribution in [-0.2, 0) is 11.3 Å². The average molecular weight is 382 g/mol. The zero-order valence-corrected chi connectivity index (χ0v) is 16.3. The molecule has 1 aliphatic rings. The number of rotatable bonds is 7. The second kappa shape index (κ2) is 9.26. The van der Waals surface area contributed by atoms with Gasteiger partial charge in [-0.25, -0.2) is 0 Å². The lowest BCUT2D eigenvalue weighted by Gasteiger charge is -2.33. The molecular formula is C22H26N2O4. The van der Waals surface area contributed by atoms with Gasteiger partial charge in [0, 0.05) is 42.4 Å². The lowest BCUT2D eigenvalue weighted by molar-refractivity contribution is -0.125. The number of piperidine rings is 1. The van der Waals surface area contributed by atoms with Crippen molar-refractivity contribution < 1.29 is 19.1 Å². The summed E-state index contributed by atoms with van der Waals surface area (Å²) in [6, 6.07) is 13.2. The van der Waals surface area contributed by atoms with Crippen LogP contribution in [0.25, 0.3) is 0 Å². The number of hydrogen-bond donors (Lipinski definition) is 1. The minimum atomic E-state index is 0.00195. The highest BCUT2D eigenvalue weighted by molar-refractivity contribution is 5.79. The average Bonchev–Trinajstić information content (AvgIpc) is 2.77. The quantitative estimate of drug-likeness (QED) is 0.746. The highest BCUT2D eigenvalue weighted by atomic mass is 16.5. The number of ether oxygens (including phenoxy) is 2. The van der Waals surface area contributed by atoms with Gasteiger partial charge >= 0.3 is 0 Å². The van der Waals surface area contributed by atoms with E-state index in [1.807, 2.05) is 42.5 Å². The van der Waals surface area contributed by atoms with E-state index in [4.69, 9.17) is 9.47 Å². The number of amides is 1. The van der Waals surface area contributed by atoms with Crippen LogP contribution in [0.5, 0.6) is 11.5 Å². The van der Waals surface area contributed by atoms with Crippen molar-refractivity contribution in [2.75, 3.05) is 32.2 Å². The molecule has 0 atom stereocenters. The summed E-state index contributed by atoms with van der Waals surface area (Å²) >= 11 is 0. The van der Waals surface area contributed by atoms with E-state index in [1.165, 1.54) is 0 Å². The zero-order valence-electron chi connectivity index (χ0n) is 16.3. The van der Waals surface area contributed by atoms with Crippen LogP contribution in [0.15, 0.2) is 42.5 Å². The normalized spacial score (nSPS) is 14.4. The van der Waals surface area contributed by atoms with E-state index in [0.717, 1.165) is 43.5 Å². The SMILES string of the molecule is COc1cccc(CNC(=O)C2CCN(c3ccc(C=O)cc3)CC2)c1OC. The maximum absolute atomic E-state index is 12.6. The van der Waals surface area contributed by atoms with Gasteiger partial charge in [0.25, 0.3) is 0 Å². The standard InChI is InChI=1S/C22H26N2O4/c1-27-20-5-3-4-18(21(20)28-2)14-23-22(26)17-10-12-24(13-11-17)19-8-6-16(15-25)7-9-19/h3-9,15,17H,10-14H2,1-2H3,(H,23,26). The first-order valence-corrected chi connectivity index (χ1v) is 9.44. The molecule has 0 aliphatic carbocycles. The maximum atomic E-state index is 12.6. The molecule has 28 heavy (non-hydrogen) atoms. The van der Waals surface area contributed by atoms with Crippen molar-refractivity contribution in [3.8, 4) is 11.5 Å². The molecule has 1 heterocycles. The Balaban J connectivity index is 1.53. The van der Waals surface area contributed by atoms with E-state index >= 15 is 0 Å². The molecule has 0 saturated carbocycles. The van der Waals surface area contributed by atoms with Crippen LogP contribution in [0.4, 0.5) is 5.69 Å². The monoisotopic (exact) mass is 382 g/mol. The summed E-state index contributed by atoms with van der Waals surface area (Å²) in [6.07, 6.45) is 2.45.